The minimum Gasteiger partial charge on any atom is -0.494 e. The molecular formula is C21H32N2O2. The van der Waals surface area contributed by atoms with Crippen molar-refractivity contribution in [2.45, 2.75) is 65.8 Å². The average Bonchev–Trinajstić information content (AvgIpc) is 3.00. The van der Waals surface area contributed by atoms with Crippen molar-refractivity contribution in [3.63, 3.8) is 0 Å². The molecule has 0 aliphatic rings. The van der Waals surface area contributed by atoms with Gasteiger partial charge in [0.15, 0.2) is 5.76 Å². The molecule has 0 amide bonds. The Kier molecular flexibility index (Phi) is 8.53. The Labute approximate surface area is 151 Å². The van der Waals surface area contributed by atoms with Crippen LogP contribution in [0.4, 0.5) is 0 Å². The van der Waals surface area contributed by atoms with E-state index in [4.69, 9.17) is 9.26 Å². The normalized spacial score (nSPS) is 11.0. The molecule has 1 aromatic heterocycles. The third kappa shape index (κ3) is 6.20. The molecule has 0 radical (unpaired) electrons. The summed E-state index contributed by atoms with van der Waals surface area (Å²) in [6.07, 6.45) is 7.68. The Morgan fingerprint density at radius 3 is 2.44 bits per heavy atom. The summed E-state index contributed by atoms with van der Waals surface area (Å²) in [6, 6.07) is 8.11. The first-order chi connectivity index (χ1) is 12.3. The third-order valence-corrected chi connectivity index (χ3v) is 4.45. The molecule has 0 fully saturated rings. The Morgan fingerprint density at radius 2 is 1.72 bits per heavy atom. The number of nitrogens with one attached hydrogen (secondary N) is 1. The summed E-state index contributed by atoms with van der Waals surface area (Å²) < 4.78 is 11.4. The zero-order valence-electron chi connectivity index (χ0n) is 15.9. The number of unbranched alkanes of at least 4 members (excludes halogenated alkanes) is 5. The van der Waals surface area contributed by atoms with Crippen LogP contribution in [0.5, 0.6) is 5.75 Å². The highest BCUT2D eigenvalue weighted by Crippen LogP contribution is 2.27. The maximum atomic E-state index is 5.84. The fraction of sp³-hybridized carbons (Fsp3) is 0.571. The van der Waals surface area contributed by atoms with E-state index >= 15 is 0 Å². The molecule has 0 aliphatic carbocycles. The molecule has 138 valence electrons. The second kappa shape index (κ2) is 10.9. The molecule has 0 spiro atoms. The lowest BCUT2D eigenvalue weighted by Crippen LogP contribution is -2.12. The maximum Gasteiger partial charge on any atom is 0.170 e. The third-order valence-electron chi connectivity index (χ3n) is 4.45. The van der Waals surface area contributed by atoms with Crippen LogP contribution in [0.3, 0.4) is 0 Å². The van der Waals surface area contributed by atoms with Crippen molar-refractivity contribution in [2.75, 3.05) is 13.2 Å². The Bertz CT molecular complexity index is 605. The SMILES string of the molecule is CCCCCCCCOc1ccc(-c2onc(CNCC)c2C)cc1. The highest BCUT2D eigenvalue weighted by molar-refractivity contribution is 5.62. The van der Waals surface area contributed by atoms with Gasteiger partial charge in [0.2, 0.25) is 0 Å². The van der Waals surface area contributed by atoms with E-state index in [0.29, 0.717) is 0 Å². The van der Waals surface area contributed by atoms with Crippen LogP contribution in [0.2, 0.25) is 0 Å². The minimum absolute atomic E-state index is 0.741. The number of rotatable bonds is 12. The van der Waals surface area contributed by atoms with E-state index in [0.717, 1.165) is 54.4 Å². The van der Waals surface area contributed by atoms with Crippen LogP contribution in [0.15, 0.2) is 28.8 Å². The lowest BCUT2D eigenvalue weighted by atomic mass is 10.1. The molecule has 0 unspecified atom stereocenters. The highest BCUT2D eigenvalue weighted by Gasteiger charge is 2.13. The largest absolute Gasteiger partial charge is 0.494 e. The minimum atomic E-state index is 0.741. The summed E-state index contributed by atoms with van der Waals surface area (Å²) >= 11 is 0. The lowest BCUT2D eigenvalue weighted by Gasteiger charge is -2.07. The number of benzene rings is 1. The van der Waals surface area contributed by atoms with Gasteiger partial charge in [0.25, 0.3) is 0 Å². The Hall–Kier alpha value is -1.81. The molecule has 4 nitrogen and oxygen atoms in total. The molecule has 4 heteroatoms. The highest BCUT2D eigenvalue weighted by atomic mass is 16.5. The molecule has 0 atom stereocenters. The summed E-state index contributed by atoms with van der Waals surface area (Å²) in [6.45, 7) is 8.84. The molecule has 2 aromatic rings. The second-order valence-corrected chi connectivity index (χ2v) is 6.50. The summed E-state index contributed by atoms with van der Waals surface area (Å²) in [5, 5.41) is 7.46. The van der Waals surface area contributed by atoms with Crippen LogP contribution < -0.4 is 10.1 Å². The first-order valence-corrected chi connectivity index (χ1v) is 9.65. The van der Waals surface area contributed by atoms with Gasteiger partial charge in [-0.25, -0.2) is 0 Å². The monoisotopic (exact) mass is 344 g/mol. The van der Waals surface area contributed by atoms with Crippen molar-refractivity contribution in [2.24, 2.45) is 0 Å². The van der Waals surface area contributed by atoms with Gasteiger partial charge in [-0.3, -0.25) is 0 Å². The summed E-state index contributed by atoms with van der Waals surface area (Å²) in [7, 11) is 0. The van der Waals surface area contributed by atoms with E-state index in [9.17, 15) is 0 Å². The van der Waals surface area contributed by atoms with Crippen molar-refractivity contribution in [1.82, 2.24) is 10.5 Å². The van der Waals surface area contributed by atoms with Crippen molar-refractivity contribution < 1.29 is 9.26 Å². The van der Waals surface area contributed by atoms with Gasteiger partial charge in [-0.05, 0) is 44.2 Å². The first-order valence-electron chi connectivity index (χ1n) is 9.65. The van der Waals surface area contributed by atoms with Gasteiger partial charge in [0.1, 0.15) is 11.4 Å². The van der Waals surface area contributed by atoms with E-state index in [1.807, 2.05) is 24.3 Å². The molecule has 0 saturated heterocycles. The standard InChI is InChI=1S/C21H32N2O2/c1-4-6-7-8-9-10-15-24-19-13-11-18(12-14-19)21-17(3)20(23-25-21)16-22-5-2/h11-14,22H,4-10,15-16H2,1-3H3. The van der Waals surface area contributed by atoms with Gasteiger partial charge < -0.3 is 14.6 Å². The molecule has 2 rings (SSSR count). The van der Waals surface area contributed by atoms with Gasteiger partial charge in [0, 0.05) is 17.7 Å². The number of aromatic nitrogens is 1. The van der Waals surface area contributed by atoms with Crippen LogP contribution >= 0.6 is 0 Å². The number of hydrogen-bond donors (Lipinski definition) is 1. The molecule has 0 saturated carbocycles. The topological polar surface area (TPSA) is 47.3 Å². The van der Waals surface area contributed by atoms with E-state index in [1.165, 1.54) is 32.1 Å². The van der Waals surface area contributed by atoms with E-state index in [-0.39, 0.29) is 0 Å². The van der Waals surface area contributed by atoms with Gasteiger partial charge >= 0.3 is 0 Å². The zero-order valence-corrected chi connectivity index (χ0v) is 15.9. The van der Waals surface area contributed by atoms with E-state index < -0.39 is 0 Å². The molecule has 1 heterocycles. The maximum absolute atomic E-state index is 5.84. The van der Waals surface area contributed by atoms with E-state index in [1.54, 1.807) is 0 Å². The molecule has 0 aliphatic heterocycles. The molecule has 25 heavy (non-hydrogen) atoms. The average molecular weight is 344 g/mol. The summed E-state index contributed by atoms with van der Waals surface area (Å²) in [5.41, 5.74) is 3.11. The van der Waals surface area contributed by atoms with Crippen molar-refractivity contribution in [1.29, 1.82) is 0 Å². The Balaban J connectivity index is 1.81. The van der Waals surface area contributed by atoms with Crippen LogP contribution in [0.1, 0.15) is 63.6 Å². The van der Waals surface area contributed by atoms with Crippen molar-refractivity contribution >= 4 is 0 Å². The van der Waals surface area contributed by atoms with Gasteiger partial charge in [-0.2, -0.15) is 0 Å². The second-order valence-electron chi connectivity index (χ2n) is 6.50. The quantitative estimate of drug-likeness (QED) is 0.517. The number of nitrogens with zero attached hydrogens (tertiary/aromatic N) is 1. The van der Waals surface area contributed by atoms with Gasteiger partial charge in [0.05, 0.1) is 6.61 Å². The summed E-state index contributed by atoms with van der Waals surface area (Å²) in [5.74, 6) is 1.76. The molecular weight excluding hydrogens is 312 g/mol. The molecule has 0 bridgehead atoms. The van der Waals surface area contributed by atoms with Crippen LogP contribution in [-0.2, 0) is 6.54 Å². The predicted molar refractivity (Wildman–Crippen MR) is 103 cm³/mol. The molecule has 1 aromatic carbocycles. The number of hydrogen-bond acceptors (Lipinski definition) is 4. The fourth-order valence-corrected chi connectivity index (χ4v) is 2.82. The zero-order chi connectivity index (χ0) is 17.9. The van der Waals surface area contributed by atoms with Crippen LogP contribution in [0, 0.1) is 6.92 Å². The van der Waals surface area contributed by atoms with Gasteiger partial charge in [-0.15, -0.1) is 0 Å². The lowest BCUT2D eigenvalue weighted by molar-refractivity contribution is 0.304. The fourth-order valence-electron chi connectivity index (χ4n) is 2.82. The predicted octanol–water partition coefficient (Wildman–Crippen LogP) is 5.50. The van der Waals surface area contributed by atoms with Gasteiger partial charge in [-0.1, -0.05) is 51.1 Å². The number of ether oxygens (including phenoxy) is 1. The molecule has 1 N–H and O–H groups in total. The Morgan fingerprint density at radius 1 is 1.00 bits per heavy atom. The summed E-state index contributed by atoms with van der Waals surface area (Å²) in [4.78, 5) is 0. The van der Waals surface area contributed by atoms with Crippen LogP contribution in [0.25, 0.3) is 11.3 Å². The van der Waals surface area contributed by atoms with Crippen molar-refractivity contribution in [3.8, 4) is 17.1 Å². The van der Waals surface area contributed by atoms with Crippen LogP contribution in [-0.4, -0.2) is 18.3 Å². The van der Waals surface area contributed by atoms with E-state index in [2.05, 4.69) is 31.2 Å². The van der Waals surface area contributed by atoms with Crippen molar-refractivity contribution in [3.05, 3.63) is 35.5 Å². The smallest absolute Gasteiger partial charge is 0.170 e. The first kappa shape index (κ1) is 19.5.